The van der Waals surface area contributed by atoms with E-state index in [0.29, 0.717) is 23.7 Å². The van der Waals surface area contributed by atoms with E-state index in [0.717, 1.165) is 0 Å². The summed E-state index contributed by atoms with van der Waals surface area (Å²) >= 11 is 0. The molecule has 2 rings (SSSR count). The number of anilines is 1. The van der Waals surface area contributed by atoms with Gasteiger partial charge in [-0.2, -0.15) is 5.26 Å². The monoisotopic (exact) mass is 494 g/mol. The molecule has 0 spiro atoms. The summed E-state index contributed by atoms with van der Waals surface area (Å²) in [6.07, 6.45) is 1.30. The Labute approximate surface area is 210 Å². The van der Waals surface area contributed by atoms with Crippen LogP contribution in [-0.2, 0) is 14.3 Å². The van der Waals surface area contributed by atoms with Crippen LogP contribution >= 0.6 is 0 Å². The molecule has 0 fully saturated rings. The number of hydrogen-bond acceptors (Lipinski definition) is 7. The molecule has 0 atom stereocenters. The Morgan fingerprint density at radius 3 is 2.39 bits per heavy atom. The van der Waals surface area contributed by atoms with Crippen molar-refractivity contribution in [3.63, 3.8) is 0 Å². The first kappa shape index (κ1) is 28.1. The molecule has 0 saturated carbocycles. The van der Waals surface area contributed by atoms with Crippen molar-refractivity contribution in [3.8, 4) is 11.8 Å². The van der Waals surface area contributed by atoms with Gasteiger partial charge in [-0.15, -0.1) is 0 Å². The van der Waals surface area contributed by atoms with E-state index in [1.54, 1.807) is 19.1 Å². The van der Waals surface area contributed by atoms with Crippen molar-refractivity contribution in [1.29, 1.82) is 5.26 Å². The Hall–Kier alpha value is -4.19. The molecule has 0 radical (unpaired) electrons. The molecular weight excluding hydrogens is 463 g/mol. The first-order valence-electron chi connectivity index (χ1n) is 11.3. The second-order valence-corrected chi connectivity index (χ2v) is 9.27. The maximum absolute atomic E-state index is 13.6. The van der Waals surface area contributed by atoms with Gasteiger partial charge >= 0.3 is 5.97 Å². The van der Waals surface area contributed by atoms with E-state index < -0.39 is 17.7 Å². The molecule has 1 amide bonds. The van der Waals surface area contributed by atoms with E-state index in [4.69, 9.17) is 15.2 Å². The molecule has 0 aliphatic heterocycles. The van der Waals surface area contributed by atoms with Crippen LogP contribution in [0.3, 0.4) is 0 Å². The van der Waals surface area contributed by atoms with Crippen molar-refractivity contribution in [2.75, 3.05) is 24.7 Å². The van der Waals surface area contributed by atoms with Gasteiger partial charge in [-0.05, 0) is 54.8 Å². The van der Waals surface area contributed by atoms with E-state index in [2.05, 4.69) is 11.1 Å². The highest BCUT2D eigenvalue weighted by Crippen LogP contribution is 2.27. The predicted octanol–water partition coefficient (Wildman–Crippen LogP) is 4.65. The molecule has 190 valence electrons. The van der Waals surface area contributed by atoms with Gasteiger partial charge in [-0.1, -0.05) is 20.8 Å². The summed E-state index contributed by atoms with van der Waals surface area (Å²) < 4.78 is 24.0. The van der Waals surface area contributed by atoms with Crippen molar-refractivity contribution in [3.05, 3.63) is 65.1 Å². The fourth-order valence-electron chi connectivity index (χ4n) is 2.96. The number of halogens is 1. The third kappa shape index (κ3) is 8.55. The number of rotatable bonds is 9. The predicted molar refractivity (Wildman–Crippen MR) is 137 cm³/mol. The number of hydrogen-bond donors (Lipinski definition) is 1. The van der Waals surface area contributed by atoms with Crippen molar-refractivity contribution in [2.45, 2.75) is 34.6 Å². The fraction of sp³-hybridized carbons (Fsp3) is 0.333. The number of allylic oxidation sites excluding steroid dienone is 1. The second kappa shape index (κ2) is 12.5. The minimum absolute atomic E-state index is 0.00659. The van der Waals surface area contributed by atoms with Crippen LogP contribution in [0.25, 0.3) is 0 Å². The van der Waals surface area contributed by atoms with Gasteiger partial charge in [0.05, 0.1) is 30.0 Å². The molecule has 2 aromatic rings. The molecule has 0 aromatic heterocycles. The zero-order chi connectivity index (χ0) is 26.9. The molecular formula is C27H31FN4O4. The third-order valence-corrected chi connectivity index (χ3v) is 4.75. The van der Waals surface area contributed by atoms with Crippen molar-refractivity contribution < 1.29 is 23.5 Å². The Balaban J connectivity index is 2.42. The summed E-state index contributed by atoms with van der Waals surface area (Å²) in [5.74, 6) is -1.02. The summed E-state index contributed by atoms with van der Waals surface area (Å²) in [5.41, 5.74) is 7.25. The minimum Gasteiger partial charge on any atom is -0.492 e. The van der Waals surface area contributed by atoms with Crippen molar-refractivity contribution in [2.24, 2.45) is 16.1 Å². The summed E-state index contributed by atoms with van der Waals surface area (Å²) in [5, 5.41) is 9.69. The van der Waals surface area contributed by atoms with Crippen LogP contribution in [0, 0.1) is 22.6 Å². The lowest BCUT2D eigenvalue weighted by molar-refractivity contribution is -0.140. The molecule has 0 unspecified atom stereocenters. The van der Waals surface area contributed by atoms with Crippen LogP contribution < -0.4 is 15.4 Å². The van der Waals surface area contributed by atoms with Gasteiger partial charge in [0, 0.05) is 24.5 Å². The van der Waals surface area contributed by atoms with Crippen LogP contribution in [-0.4, -0.2) is 37.8 Å². The Morgan fingerprint density at radius 1 is 1.17 bits per heavy atom. The molecule has 36 heavy (non-hydrogen) atoms. The molecule has 9 heteroatoms. The number of nitrogens with two attached hydrogens (primary N) is 1. The minimum atomic E-state index is -0.514. The smallest absolute Gasteiger partial charge is 0.302 e. The van der Waals surface area contributed by atoms with Crippen LogP contribution in [0.4, 0.5) is 15.8 Å². The van der Waals surface area contributed by atoms with Crippen LogP contribution in [0.5, 0.6) is 5.75 Å². The average Bonchev–Trinajstić information content (AvgIpc) is 2.80. The zero-order valence-corrected chi connectivity index (χ0v) is 21.2. The number of amides is 1. The normalized spacial score (nSPS) is 12.0. The molecule has 0 bridgehead atoms. The maximum Gasteiger partial charge on any atom is 0.302 e. The van der Waals surface area contributed by atoms with Gasteiger partial charge in [0.1, 0.15) is 24.2 Å². The zero-order valence-electron chi connectivity index (χ0n) is 21.2. The first-order chi connectivity index (χ1) is 16.9. The van der Waals surface area contributed by atoms with E-state index in [1.165, 1.54) is 48.4 Å². The summed E-state index contributed by atoms with van der Waals surface area (Å²) in [7, 11) is 0. The lowest BCUT2D eigenvalue weighted by Crippen LogP contribution is -2.36. The van der Waals surface area contributed by atoms with E-state index in [-0.39, 0.29) is 35.4 Å². The SMILES string of the molecule is CC(=O)OCCN(C(=O)C(C=Nc1ccc(F)cc1)=C(C)N)c1ccc(OCC(C)(C)C)c(C#N)c1. The lowest BCUT2D eigenvalue weighted by Gasteiger charge is -2.25. The number of esters is 1. The number of ether oxygens (including phenoxy) is 2. The van der Waals surface area contributed by atoms with E-state index in [1.807, 2.05) is 20.8 Å². The van der Waals surface area contributed by atoms with Gasteiger partial charge in [0.2, 0.25) is 0 Å². The molecule has 8 nitrogen and oxygen atoms in total. The van der Waals surface area contributed by atoms with Crippen molar-refractivity contribution >= 4 is 29.5 Å². The van der Waals surface area contributed by atoms with Crippen LogP contribution in [0.15, 0.2) is 58.7 Å². The topological polar surface area (TPSA) is 118 Å². The largest absolute Gasteiger partial charge is 0.492 e. The standard InChI is InChI=1S/C27H31FN4O4/c1-18(30)24(16-31-22-8-6-21(28)7-9-22)26(34)32(12-13-35-19(2)33)23-10-11-25(20(14-23)15-29)36-17-27(3,4)5/h6-11,14,16H,12-13,17,30H2,1-5H3. The lowest BCUT2D eigenvalue weighted by atomic mass is 9.98. The molecule has 0 heterocycles. The Kier molecular flexibility index (Phi) is 9.74. The van der Waals surface area contributed by atoms with Gasteiger partial charge in [-0.3, -0.25) is 14.6 Å². The number of benzene rings is 2. The van der Waals surface area contributed by atoms with Gasteiger partial charge in [-0.25, -0.2) is 4.39 Å². The maximum atomic E-state index is 13.6. The number of carbonyl (C=O) groups excluding carboxylic acids is 2. The second-order valence-electron chi connectivity index (χ2n) is 9.27. The number of nitriles is 1. The van der Waals surface area contributed by atoms with Crippen molar-refractivity contribution in [1.82, 2.24) is 0 Å². The highest BCUT2D eigenvalue weighted by Gasteiger charge is 2.22. The highest BCUT2D eigenvalue weighted by atomic mass is 19.1. The summed E-state index contributed by atoms with van der Waals surface area (Å²) in [6.45, 7) is 9.20. The first-order valence-corrected chi connectivity index (χ1v) is 11.3. The number of carbonyl (C=O) groups is 2. The number of aliphatic imine (C=N–C) groups is 1. The van der Waals surface area contributed by atoms with Gasteiger partial charge < -0.3 is 20.1 Å². The third-order valence-electron chi connectivity index (χ3n) is 4.75. The van der Waals surface area contributed by atoms with Crippen LogP contribution in [0.1, 0.15) is 40.2 Å². The molecule has 0 aliphatic carbocycles. The average molecular weight is 495 g/mol. The Morgan fingerprint density at radius 2 is 1.83 bits per heavy atom. The molecule has 0 aliphatic rings. The molecule has 2 N–H and O–H groups in total. The molecule has 2 aromatic carbocycles. The quantitative estimate of drug-likeness (QED) is 0.308. The van der Waals surface area contributed by atoms with E-state index in [9.17, 15) is 19.2 Å². The number of nitrogens with zero attached hydrogens (tertiary/aromatic N) is 3. The van der Waals surface area contributed by atoms with Gasteiger partial charge in [0.25, 0.3) is 5.91 Å². The highest BCUT2D eigenvalue weighted by molar-refractivity contribution is 6.19. The molecule has 0 saturated heterocycles. The fourth-order valence-corrected chi connectivity index (χ4v) is 2.96. The van der Waals surface area contributed by atoms with E-state index >= 15 is 0 Å². The summed E-state index contributed by atoms with van der Waals surface area (Å²) in [6, 6.07) is 12.3. The van der Waals surface area contributed by atoms with Gasteiger partial charge in [0.15, 0.2) is 0 Å². The van der Waals surface area contributed by atoms with Crippen LogP contribution in [0.2, 0.25) is 0 Å². The summed E-state index contributed by atoms with van der Waals surface area (Å²) in [4.78, 5) is 30.4. The Bertz CT molecular complexity index is 1190.